The van der Waals surface area contributed by atoms with Crippen molar-refractivity contribution < 1.29 is 46.6 Å². The van der Waals surface area contributed by atoms with Crippen molar-refractivity contribution in [2.75, 3.05) is 13.2 Å². The topological polar surface area (TPSA) is 119 Å². The third-order valence-electron chi connectivity index (χ3n) is 24.5. The van der Waals surface area contributed by atoms with Gasteiger partial charge in [0.25, 0.3) is 0 Å². The summed E-state index contributed by atoms with van der Waals surface area (Å²) in [6.45, 7) is 66.5. The molecule has 10 nitrogen and oxygen atoms in total. The Morgan fingerprint density at radius 3 is 1.23 bits per heavy atom. The van der Waals surface area contributed by atoms with E-state index in [9.17, 15) is 9.59 Å². The minimum Gasteiger partial charge on any atom is -0.480 e. The number of carbonyl (C=O) groups excluding carboxylic acids is 1. The van der Waals surface area contributed by atoms with Crippen LogP contribution in [0.1, 0.15) is 220 Å². The molecule has 7 aliphatic rings. The first-order chi connectivity index (χ1) is 41.1. The molecule has 0 aromatic rings. The molecule has 5 fully saturated rings. The molecule has 0 bridgehead atoms. The SMILES string of the molecule is C=C1C(=CC=C2CCC[C@]3(C)C([C@H](C)OCC(=O)O)=CCC23)C[C@@H](O[Si](C)(C)C(C)(C)C)C[C@@H]1O[Si](C)(C)C(C)(C)C.C=C1C(=CC=C2CCC[C@]3(C)C([C@H](C)OCC(=O)OC4(C)CCCC4)=CC[C@@H]23)C[C@@H](O[Si](C)(C)C(C)(C)C)C[C@@H]1O[Si](C)(C)C(C)(C)C. The highest BCUT2D eigenvalue weighted by molar-refractivity contribution is 6.75. The average Bonchev–Trinajstić information content (AvgIpc) is 1.62. The summed E-state index contributed by atoms with van der Waals surface area (Å²) in [5.41, 5.74) is 10.1. The lowest BCUT2D eigenvalue weighted by molar-refractivity contribution is -0.164. The minimum absolute atomic E-state index is 0.00599. The first kappa shape index (κ1) is 76.5. The molecule has 0 aromatic heterocycles. The van der Waals surface area contributed by atoms with Crippen molar-refractivity contribution in [3.8, 4) is 0 Å². The molecule has 0 spiro atoms. The molecule has 0 saturated heterocycles. The Balaban J connectivity index is 0.000000289. The molecule has 10 atom stereocenters. The minimum atomic E-state index is -2.01. The normalized spacial score (nSPS) is 30.6. The van der Waals surface area contributed by atoms with Crippen molar-refractivity contribution in [3.05, 3.63) is 94.2 Å². The first-order valence-corrected chi connectivity index (χ1v) is 46.7. The van der Waals surface area contributed by atoms with Crippen molar-refractivity contribution >= 4 is 45.2 Å². The number of ether oxygens (including phenoxy) is 3. The van der Waals surface area contributed by atoms with Crippen LogP contribution in [0.25, 0.3) is 0 Å². The molecule has 7 rings (SSSR count). The molecule has 1 N–H and O–H groups in total. The highest BCUT2D eigenvalue weighted by Gasteiger charge is 2.51. The predicted molar refractivity (Wildman–Crippen MR) is 385 cm³/mol. The molecule has 14 heteroatoms. The summed E-state index contributed by atoms with van der Waals surface area (Å²) < 4.78 is 46.0. The third-order valence-corrected chi connectivity index (χ3v) is 42.5. The van der Waals surface area contributed by atoms with Crippen molar-refractivity contribution in [1.29, 1.82) is 0 Å². The zero-order chi connectivity index (χ0) is 67.8. The Kier molecular flexibility index (Phi) is 24.4. The Morgan fingerprint density at radius 1 is 0.544 bits per heavy atom. The van der Waals surface area contributed by atoms with Crippen molar-refractivity contribution in [2.24, 2.45) is 22.7 Å². The zero-order valence-electron chi connectivity index (χ0n) is 61.8. The number of aliphatic carboxylic acids is 1. The second kappa shape index (κ2) is 28.7. The highest BCUT2D eigenvalue weighted by atomic mass is 28.4. The van der Waals surface area contributed by atoms with Crippen LogP contribution in [-0.2, 0) is 41.5 Å². The lowest BCUT2D eigenvalue weighted by Gasteiger charge is -2.45. The van der Waals surface area contributed by atoms with E-state index >= 15 is 0 Å². The van der Waals surface area contributed by atoms with Crippen LogP contribution in [0.5, 0.6) is 0 Å². The van der Waals surface area contributed by atoms with E-state index < -0.39 is 39.2 Å². The summed E-state index contributed by atoms with van der Waals surface area (Å²) in [6.07, 6.45) is 30.5. The molecule has 0 radical (unpaired) electrons. The van der Waals surface area contributed by atoms with Crippen molar-refractivity contribution in [1.82, 2.24) is 0 Å². The van der Waals surface area contributed by atoms with Gasteiger partial charge in [-0.3, -0.25) is 0 Å². The maximum atomic E-state index is 12.7. The van der Waals surface area contributed by atoms with E-state index in [0.29, 0.717) is 11.8 Å². The fourth-order valence-corrected chi connectivity index (χ4v) is 19.9. The maximum absolute atomic E-state index is 12.7. The van der Waals surface area contributed by atoms with E-state index in [-0.39, 0.29) is 92.4 Å². The van der Waals surface area contributed by atoms with Crippen molar-refractivity contribution in [2.45, 2.75) is 335 Å². The molecular weight excluding hydrogens is 1190 g/mol. The molecule has 0 aliphatic heterocycles. The highest BCUT2D eigenvalue weighted by Crippen LogP contribution is 2.58. The summed E-state index contributed by atoms with van der Waals surface area (Å²) >= 11 is 0. The van der Waals surface area contributed by atoms with E-state index in [1.54, 1.807) is 0 Å². The Bertz CT molecular complexity index is 2780. The second-order valence-electron chi connectivity index (χ2n) is 35.4. The van der Waals surface area contributed by atoms with Gasteiger partial charge in [0, 0.05) is 12.8 Å². The van der Waals surface area contributed by atoms with Gasteiger partial charge in [0.05, 0.1) is 36.6 Å². The molecule has 90 heavy (non-hydrogen) atoms. The molecule has 510 valence electrons. The van der Waals surface area contributed by atoms with Gasteiger partial charge in [-0.2, -0.15) is 0 Å². The number of allylic oxidation sites excluding steroid dienone is 8. The van der Waals surface area contributed by atoms with Crippen LogP contribution in [0.3, 0.4) is 0 Å². The maximum Gasteiger partial charge on any atom is 0.332 e. The molecular formula is C76H130O10Si4. The summed E-state index contributed by atoms with van der Waals surface area (Å²) in [4.78, 5) is 23.8. The third kappa shape index (κ3) is 18.1. The van der Waals surface area contributed by atoms with Crippen molar-refractivity contribution in [3.63, 3.8) is 0 Å². The molecule has 7 aliphatic carbocycles. The largest absolute Gasteiger partial charge is 0.480 e. The Labute approximate surface area is 553 Å². The van der Waals surface area contributed by atoms with Crippen LogP contribution in [0.15, 0.2) is 94.2 Å². The van der Waals surface area contributed by atoms with Gasteiger partial charge in [0.15, 0.2) is 33.3 Å². The van der Waals surface area contributed by atoms with Gasteiger partial charge in [-0.25, -0.2) is 9.59 Å². The van der Waals surface area contributed by atoms with Crippen LogP contribution in [0, 0.1) is 22.7 Å². The number of hydrogen-bond donors (Lipinski definition) is 1. The van der Waals surface area contributed by atoms with Crippen LogP contribution in [0.4, 0.5) is 0 Å². The summed E-state index contributed by atoms with van der Waals surface area (Å²) in [5.74, 6) is -0.285. The van der Waals surface area contributed by atoms with E-state index in [1.807, 2.05) is 6.92 Å². The number of carboxylic acid groups (broad SMARTS) is 1. The quantitative estimate of drug-likeness (QED) is 0.0761. The van der Waals surface area contributed by atoms with Gasteiger partial charge in [-0.1, -0.05) is 158 Å². The number of esters is 1. The lowest BCUT2D eigenvalue weighted by Crippen LogP contribution is -2.49. The second-order valence-corrected chi connectivity index (χ2v) is 54.4. The van der Waals surface area contributed by atoms with Gasteiger partial charge in [0.1, 0.15) is 18.8 Å². The number of carboxylic acids is 1. The standard InChI is InChI=1S/C41H70O5Si2.C35H60O5Si2/c1-29-32(26-33(45-47(11,12)38(3,4)5)27-36(29)46-48(13,14)39(6,7)8)20-19-31-18-17-25-41(10)34(21-22-35(31)41)30(2)43-28-37(42)44-40(9)23-15-16-24-40;1-24-27(17-16-26-15-14-20-35(9)29(18-19-30(26)35)25(2)38-23-32(36)37)21-28(39-41(10,11)33(3,4)5)22-31(24)40-42(12,13)34(6,7)8/h19-21,30,33,35-36H,1,15-18,22-28H2,2-14H3;16-18,25,28,30-31H,1,14-15,19-23H2,2-13H3,(H,36,37)/t30-,33+,35-,36-,41+;25-,28+,30?,31-,35+/m00/s1. The van der Waals surface area contributed by atoms with E-state index in [0.717, 1.165) is 114 Å². The fraction of sp³-hybridized carbons (Fsp3) is 0.763. The van der Waals surface area contributed by atoms with Crippen LogP contribution in [-0.4, -0.2) is 106 Å². The fourth-order valence-electron chi connectivity index (χ4n) is 14.6. The van der Waals surface area contributed by atoms with Crippen LogP contribution < -0.4 is 0 Å². The van der Waals surface area contributed by atoms with E-state index in [2.05, 4.69) is 213 Å². The predicted octanol–water partition coefficient (Wildman–Crippen LogP) is 21.0. The van der Waals surface area contributed by atoms with Crippen LogP contribution in [0.2, 0.25) is 72.5 Å². The van der Waals surface area contributed by atoms with Gasteiger partial charge in [0.2, 0.25) is 0 Å². The number of hydrogen-bond acceptors (Lipinski definition) is 9. The van der Waals surface area contributed by atoms with Gasteiger partial charge in [-0.15, -0.1) is 0 Å². The molecule has 0 heterocycles. The number of rotatable bonds is 19. The molecule has 0 aromatic carbocycles. The van der Waals surface area contributed by atoms with Gasteiger partial charge >= 0.3 is 11.9 Å². The molecule has 1 unspecified atom stereocenters. The molecule has 5 saturated carbocycles. The lowest BCUT2D eigenvalue weighted by atomic mass is 9.63. The van der Waals surface area contributed by atoms with E-state index in [1.165, 1.54) is 33.4 Å². The number of fused-ring (bicyclic) bond motifs is 2. The summed E-state index contributed by atoms with van der Waals surface area (Å²) in [5, 5.41) is 9.67. The Hall–Kier alpha value is -2.51. The first-order valence-electron chi connectivity index (χ1n) is 35.0. The Morgan fingerprint density at radius 2 is 0.889 bits per heavy atom. The number of carbonyl (C=O) groups is 2. The van der Waals surface area contributed by atoms with Gasteiger partial charge < -0.3 is 37.0 Å². The summed E-state index contributed by atoms with van der Waals surface area (Å²) in [6, 6.07) is 0. The monoisotopic (exact) mass is 1310 g/mol. The van der Waals surface area contributed by atoms with Gasteiger partial charge in [-0.05, 0) is 239 Å². The van der Waals surface area contributed by atoms with Crippen LogP contribution >= 0.6 is 0 Å². The average molecular weight is 1320 g/mol. The van der Waals surface area contributed by atoms with E-state index in [4.69, 9.17) is 37.0 Å². The summed E-state index contributed by atoms with van der Waals surface area (Å²) in [7, 11) is -7.94. The zero-order valence-corrected chi connectivity index (χ0v) is 65.8. The smallest absolute Gasteiger partial charge is 0.332 e. The molecule has 0 amide bonds.